The second kappa shape index (κ2) is 4.16. The van der Waals surface area contributed by atoms with Gasteiger partial charge in [-0.2, -0.15) is 0 Å². The zero-order valence-corrected chi connectivity index (χ0v) is 10.0. The van der Waals surface area contributed by atoms with Gasteiger partial charge in [-0.15, -0.1) is 11.3 Å². The van der Waals surface area contributed by atoms with Crippen LogP contribution in [0.15, 0.2) is 20.9 Å². The van der Waals surface area contributed by atoms with Gasteiger partial charge in [0.1, 0.15) is 16.7 Å². The van der Waals surface area contributed by atoms with Gasteiger partial charge in [0, 0.05) is 17.1 Å². The van der Waals surface area contributed by atoms with Crippen molar-refractivity contribution in [1.82, 2.24) is 15.0 Å². The highest BCUT2D eigenvalue weighted by Gasteiger charge is 2.09. The highest BCUT2D eigenvalue weighted by molar-refractivity contribution is 8.01. The molecule has 0 radical (unpaired) electrons. The molecule has 0 aromatic carbocycles. The van der Waals surface area contributed by atoms with Crippen molar-refractivity contribution in [2.75, 3.05) is 5.73 Å². The second-order valence-corrected chi connectivity index (χ2v) is 5.12. The van der Waals surface area contributed by atoms with E-state index in [4.69, 9.17) is 5.73 Å². The molecule has 6 heteroatoms. The van der Waals surface area contributed by atoms with Crippen LogP contribution in [0.2, 0.25) is 0 Å². The van der Waals surface area contributed by atoms with Gasteiger partial charge in [-0.3, -0.25) is 0 Å². The highest BCUT2D eigenvalue weighted by atomic mass is 32.2. The Morgan fingerprint density at radius 2 is 2.13 bits per heavy atom. The van der Waals surface area contributed by atoms with Crippen LogP contribution in [-0.2, 0) is 0 Å². The van der Waals surface area contributed by atoms with Gasteiger partial charge in [0.2, 0.25) is 0 Å². The number of hydrogen-bond acceptors (Lipinski definition) is 6. The number of nitrogens with two attached hydrogens (primary N) is 1. The first-order valence-electron chi connectivity index (χ1n) is 4.35. The predicted octanol–water partition coefficient (Wildman–Crippen LogP) is 2.28. The molecule has 0 aliphatic carbocycles. The Morgan fingerprint density at radius 3 is 2.80 bits per heavy atom. The SMILES string of the molecule is Cc1nc(N)c(C)c(Sc2nccs2)n1. The monoisotopic (exact) mass is 238 g/mol. The van der Waals surface area contributed by atoms with Crippen LogP contribution in [0.1, 0.15) is 11.4 Å². The number of nitrogens with zero attached hydrogens (tertiary/aromatic N) is 3. The van der Waals surface area contributed by atoms with E-state index < -0.39 is 0 Å². The lowest BCUT2D eigenvalue weighted by molar-refractivity contribution is 0.946. The molecule has 0 atom stereocenters. The topological polar surface area (TPSA) is 64.7 Å². The van der Waals surface area contributed by atoms with Crippen molar-refractivity contribution in [1.29, 1.82) is 0 Å². The van der Waals surface area contributed by atoms with Crippen LogP contribution in [0, 0.1) is 13.8 Å². The Balaban J connectivity index is 2.36. The maximum Gasteiger partial charge on any atom is 0.156 e. The Kier molecular flexibility index (Phi) is 2.88. The van der Waals surface area contributed by atoms with Crippen molar-refractivity contribution in [3.63, 3.8) is 0 Å². The minimum Gasteiger partial charge on any atom is -0.383 e. The molecular formula is C9H10N4S2. The van der Waals surface area contributed by atoms with Gasteiger partial charge in [0.05, 0.1) is 0 Å². The minimum atomic E-state index is 0.543. The second-order valence-electron chi connectivity index (χ2n) is 2.99. The summed E-state index contributed by atoms with van der Waals surface area (Å²) in [4.78, 5) is 12.6. The number of anilines is 1. The summed E-state index contributed by atoms with van der Waals surface area (Å²) in [6.45, 7) is 3.76. The van der Waals surface area contributed by atoms with Crippen molar-refractivity contribution in [3.05, 3.63) is 23.0 Å². The van der Waals surface area contributed by atoms with Gasteiger partial charge < -0.3 is 5.73 Å². The van der Waals surface area contributed by atoms with E-state index in [-0.39, 0.29) is 0 Å². The van der Waals surface area contributed by atoms with E-state index in [1.807, 2.05) is 19.2 Å². The van der Waals surface area contributed by atoms with E-state index in [1.165, 1.54) is 11.8 Å². The molecule has 0 bridgehead atoms. The summed E-state index contributed by atoms with van der Waals surface area (Å²) in [5, 5.41) is 2.82. The third-order valence-corrected chi connectivity index (χ3v) is 3.82. The Hall–Kier alpha value is -1.14. The lowest BCUT2D eigenvalue weighted by Crippen LogP contribution is -2.01. The molecule has 0 saturated carbocycles. The molecule has 2 heterocycles. The molecular weight excluding hydrogens is 228 g/mol. The van der Waals surface area contributed by atoms with Crippen LogP contribution < -0.4 is 5.73 Å². The molecule has 0 saturated heterocycles. The molecule has 2 rings (SSSR count). The normalized spacial score (nSPS) is 10.5. The number of thiazole rings is 1. The van der Waals surface area contributed by atoms with Crippen molar-refractivity contribution in [2.45, 2.75) is 23.2 Å². The lowest BCUT2D eigenvalue weighted by atomic mass is 10.3. The summed E-state index contributed by atoms with van der Waals surface area (Å²) in [6, 6.07) is 0. The fourth-order valence-electron chi connectivity index (χ4n) is 1.07. The number of aromatic nitrogens is 3. The Labute approximate surface area is 96.0 Å². The van der Waals surface area contributed by atoms with Crippen LogP contribution in [0.3, 0.4) is 0 Å². The van der Waals surface area contributed by atoms with Crippen molar-refractivity contribution in [3.8, 4) is 0 Å². The fraction of sp³-hybridized carbons (Fsp3) is 0.222. The maximum absolute atomic E-state index is 5.77. The predicted molar refractivity (Wildman–Crippen MR) is 62.2 cm³/mol. The number of hydrogen-bond donors (Lipinski definition) is 1. The van der Waals surface area contributed by atoms with Gasteiger partial charge in [0.25, 0.3) is 0 Å². The van der Waals surface area contributed by atoms with Gasteiger partial charge in [-0.1, -0.05) is 0 Å². The molecule has 0 aliphatic rings. The number of aryl methyl sites for hydroxylation is 1. The van der Waals surface area contributed by atoms with Gasteiger partial charge in [0.15, 0.2) is 4.34 Å². The third-order valence-electron chi connectivity index (χ3n) is 1.84. The van der Waals surface area contributed by atoms with Crippen LogP contribution in [0.4, 0.5) is 5.82 Å². The Morgan fingerprint density at radius 1 is 1.33 bits per heavy atom. The molecule has 15 heavy (non-hydrogen) atoms. The zero-order valence-electron chi connectivity index (χ0n) is 8.39. The summed E-state index contributed by atoms with van der Waals surface area (Å²) in [5.41, 5.74) is 6.69. The van der Waals surface area contributed by atoms with Crippen molar-refractivity contribution in [2.24, 2.45) is 0 Å². The first kappa shape index (κ1) is 10.4. The molecule has 2 aromatic heterocycles. The summed E-state index contributed by atoms with van der Waals surface area (Å²) in [6.07, 6.45) is 1.78. The standard InChI is InChI=1S/C9H10N4S2/c1-5-7(10)12-6(2)13-8(5)15-9-11-3-4-14-9/h3-4H,1-2H3,(H2,10,12,13). The van der Waals surface area contributed by atoms with Crippen molar-refractivity contribution >= 4 is 28.9 Å². The number of nitrogen functional groups attached to an aromatic ring is 1. The van der Waals surface area contributed by atoms with E-state index in [0.29, 0.717) is 11.6 Å². The molecule has 2 aromatic rings. The van der Waals surface area contributed by atoms with Crippen LogP contribution in [0.25, 0.3) is 0 Å². The summed E-state index contributed by atoms with van der Waals surface area (Å²) >= 11 is 3.11. The first-order valence-corrected chi connectivity index (χ1v) is 6.04. The average Bonchev–Trinajstić information content (AvgIpc) is 2.66. The van der Waals surface area contributed by atoms with Crippen LogP contribution in [0.5, 0.6) is 0 Å². The maximum atomic E-state index is 5.77. The molecule has 0 amide bonds. The van der Waals surface area contributed by atoms with E-state index in [0.717, 1.165) is 14.9 Å². The molecule has 2 N–H and O–H groups in total. The molecule has 0 fully saturated rings. The number of rotatable bonds is 2. The van der Waals surface area contributed by atoms with Crippen LogP contribution >= 0.6 is 23.1 Å². The molecule has 0 aliphatic heterocycles. The lowest BCUT2D eigenvalue weighted by Gasteiger charge is -2.05. The molecule has 78 valence electrons. The third kappa shape index (κ3) is 2.27. The van der Waals surface area contributed by atoms with E-state index >= 15 is 0 Å². The van der Waals surface area contributed by atoms with Gasteiger partial charge >= 0.3 is 0 Å². The summed E-state index contributed by atoms with van der Waals surface area (Å²) in [7, 11) is 0. The average molecular weight is 238 g/mol. The zero-order chi connectivity index (χ0) is 10.8. The summed E-state index contributed by atoms with van der Waals surface area (Å²) < 4.78 is 0.968. The largest absolute Gasteiger partial charge is 0.383 e. The molecule has 0 spiro atoms. The molecule has 4 nitrogen and oxygen atoms in total. The van der Waals surface area contributed by atoms with Crippen molar-refractivity contribution < 1.29 is 0 Å². The van der Waals surface area contributed by atoms with E-state index in [1.54, 1.807) is 17.5 Å². The summed E-state index contributed by atoms with van der Waals surface area (Å²) in [5.74, 6) is 1.23. The van der Waals surface area contributed by atoms with Gasteiger partial charge in [-0.05, 0) is 25.6 Å². The quantitative estimate of drug-likeness (QED) is 0.813. The van der Waals surface area contributed by atoms with E-state index in [2.05, 4.69) is 15.0 Å². The van der Waals surface area contributed by atoms with E-state index in [9.17, 15) is 0 Å². The highest BCUT2D eigenvalue weighted by Crippen LogP contribution is 2.31. The molecule has 0 unspecified atom stereocenters. The van der Waals surface area contributed by atoms with Crippen LogP contribution in [-0.4, -0.2) is 15.0 Å². The fourth-order valence-corrected chi connectivity index (χ4v) is 2.74. The Bertz CT molecular complexity index is 467. The first-order chi connectivity index (χ1) is 7.16. The smallest absolute Gasteiger partial charge is 0.156 e. The minimum absolute atomic E-state index is 0.543. The van der Waals surface area contributed by atoms with Gasteiger partial charge in [-0.25, -0.2) is 15.0 Å².